The summed E-state index contributed by atoms with van der Waals surface area (Å²) in [4.78, 5) is 16.9. The monoisotopic (exact) mass is 318 g/mol. The van der Waals surface area contributed by atoms with E-state index in [0.29, 0.717) is 12.5 Å². The van der Waals surface area contributed by atoms with Crippen molar-refractivity contribution < 1.29 is 14.3 Å². The number of rotatable bonds is 4. The Labute approximate surface area is 138 Å². The van der Waals surface area contributed by atoms with E-state index in [9.17, 15) is 4.79 Å². The first-order valence-electron chi connectivity index (χ1n) is 8.62. The maximum atomic E-state index is 12.5. The second-order valence-corrected chi connectivity index (χ2v) is 6.13. The van der Waals surface area contributed by atoms with Crippen LogP contribution in [0.25, 0.3) is 0 Å². The van der Waals surface area contributed by atoms with Crippen LogP contribution in [0.2, 0.25) is 0 Å². The number of ether oxygens (including phenoxy) is 2. The Morgan fingerprint density at radius 3 is 2.39 bits per heavy atom. The highest BCUT2D eigenvalue weighted by Gasteiger charge is 2.28. The number of hydrogen-bond donors (Lipinski definition) is 0. The summed E-state index contributed by atoms with van der Waals surface area (Å²) < 4.78 is 10.8. The molecule has 2 heterocycles. The summed E-state index contributed by atoms with van der Waals surface area (Å²) in [5.41, 5.74) is 1.20. The van der Waals surface area contributed by atoms with Crippen molar-refractivity contribution in [2.75, 3.05) is 50.9 Å². The molecule has 5 nitrogen and oxygen atoms in total. The molecule has 1 aromatic rings. The zero-order valence-electron chi connectivity index (χ0n) is 13.9. The molecule has 126 valence electrons. The lowest BCUT2D eigenvalue weighted by Crippen LogP contribution is -2.51. The number of carbonyl (C=O) groups is 1. The Bertz CT molecular complexity index is 504. The van der Waals surface area contributed by atoms with Crippen LogP contribution >= 0.6 is 0 Å². The number of piperazine rings is 1. The average molecular weight is 318 g/mol. The number of anilines is 1. The van der Waals surface area contributed by atoms with Gasteiger partial charge in [0.2, 0.25) is 5.91 Å². The van der Waals surface area contributed by atoms with E-state index in [4.69, 9.17) is 9.47 Å². The molecule has 0 aromatic heterocycles. The molecule has 2 aliphatic rings. The highest BCUT2D eigenvalue weighted by Crippen LogP contribution is 2.23. The van der Waals surface area contributed by atoms with Gasteiger partial charge in [0, 0.05) is 51.0 Å². The molecule has 3 rings (SSSR count). The van der Waals surface area contributed by atoms with Gasteiger partial charge in [0.15, 0.2) is 0 Å². The predicted molar refractivity (Wildman–Crippen MR) is 89.9 cm³/mol. The highest BCUT2D eigenvalue weighted by atomic mass is 16.5. The molecule has 2 fully saturated rings. The number of nitrogens with zero attached hydrogens (tertiary/aromatic N) is 2. The maximum Gasteiger partial charge on any atom is 0.225 e. The minimum Gasteiger partial charge on any atom is -0.494 e. The third kappa shape index (κ3) is 3.96. The zero-order valence-corrected chi connectivity index (χ0v) is 13.9. The standard InChI is InChI=1S/C18H26N2O3/c1-2-23-17-5-3-16(4-6-17)19-9-11-20(12-10-19)18(21)15-7-13-22-14-8-15/h3-6,15H,2,7-14H2,1H3. The van der Waals surface area contributed by atoms with Gasteiger partial charge in [-0.25, -0.2) is 0 Å². The quantitative estimate of drug-likeness (QED) is 0.853. The molecule has 1 amide bonds. The van der Waals surface area contributed by atoms with Gasteiger partial charge in [-0.15, -0.1) is 0 Å². The van der Waals surface area contributed by atoms with Crippen LogP contribution in [0.1, 0.15) is 19.8 Å². The largest absolute Gasteiger partial charge is 0.494 e. The summed E-state index contributed by atoms with van der Waals surface area (Å²) in [7, 11) is 0. The Hall–Kier alpha value is -1.75. The normalized spacial score (nSPS) is 19.7. The second kappa shape index (κ2) is 7.68. The zero-order chi connectivity index (χ0) is 16.1. The molecule has 2 saturated heterocycles. The van der Waals surface area contributed by atoms with Crippen LogP contribution in [0, 0.1) is 5.92 Å². The minimum absolute atomic E-state index is 0.167. The number of amides is 1. The lowest BCUT2D eigenvalue weighted by Gasteiger charge is -2.38. The molecule has 0 saturated carbocycles. The first kappa shape index (κ1) is 16.1. The van der Waals surface area contributed by atoms with Crippen molar-refractivity contribution in [3.8, 4) is 5.75 Å². The van der Waals surface area contributed by atoms with Gasteiger partial charge in [-0.2, -0.15) is 0 Å². The van der Waals surface area contributed by atoms with E-state index in [0.717, 1.165) is 58.0 Å². The van der Waals surface area contributed by atoms with E-state index >= 15 is 0 Å². The maximum absolute atomic E-state index is 12.5. The van der Waals surface area contributed by atoms with E-state index in [1.807, 2.05) is 24.0 Å². The van der Waals surface area contributed by atoms with Gasteiger partial charge in [0.05, 0.1) is 6.61 Å². The van der Waals surface area contributed by atoms with E-state index < -0.39 is 0 Å². The summed E-state index contributed by atoms with van der Waals surface area (Å²) in [6.07, 6.45) is 1.75. The summed E-state index contributed by atoms with van der Waals surface area (Å²) in [6, 6.07) is 8.22. The predicted octanol–water partition coefficient (Wildman–Crippen LogP) is 2.16. The van der Waals surface area contributed by atoms with Crippen molar-refractivity contribution in [1.82, 2.24) is 4.90 Å². The molecule has 23 heavy (non-hydrogen) atoms. The third-order valence-corrected chi connectivity index (χ3v) is 4.67. The van der Waals surface area contributed by atoms with Crippen molar-refractivity contribution in [1.29, 1.82) is 0 Å². The molecule has 0 unspecified atom stereocenters. The Morgan fingerprint density at radius 1 is 1.13 bits per heavy atom. The second-order valence-electron chi connectivity index (χ2n) is 6.13. The van der Waals surface area contributed by atoms with E-state index in [1.165, 1.54) is 5.69 Å². The molecule has 0 aliphatic carbocycles. The Balaban J connectivity index is 1.52. The molecule has 0 radical (unpaired) electrons. The summed E-state index contributed by atoms with van der Waals surface area (Å²) in [6.45, 7) is 7.53. The van der Waals surface area contributed by atoms with Crippen LogP contribution < -0.4 is 9.64 Å². The summed E-state index contributed by atoms with van der Waals surface area (Å²) in [5, 5.41) is 0. The van der Waals surface area contributed by atoms with Crippen molar-refractivity contribution in [3.05, 3.63) is 24.3 Å². The molecule has 0 bridgehead atoms. The fourth-order valence-electron chi connectivity index (χ4n) is 3.31. The van der Waals surface area contributed by atoms with Crippen LogP contribution in [-0.4, -0.2) is 56.8 Å². The van der Waals surface area contributed by atoms with Crippen molar-refractivity contribution in [2.24, 2.45) is 5.92 Å². The van der Waals surface area contributed by atoms with Gasteiger partial charge in [-0.1, -0.05) is 0 Å². The molecule has 1 aromatic carbocycles. The van der Waals surface area contributed by atoms with E-state index in [-0.39, 0.29) is 5.92 Å². The molecule has 0 spiro atoms. The number of benzene rings is 1. The first-order chi connectivity index (χ1) is 11.3. The molecule has 0 N–H and O–H groups in total. The fraction of sp³-hybridized carbons (Fsp3) is 0.611. The Morgan fingerprint density at radius 2 is 1.78 bits per heavy atom. The van der Waals surface area contributed by atoms with Gasteiger partial charge in [0.25, 0.3) is 0 Å². The van der Waals surface area contributed by atoms with Crippen LogP contribution in [0.15, 0.2) is 24.3 Å². The summed E-state index contributed by atoms with van der Waals surface area (Å²) in [5.74, 6) is 1.39. The van der Waals surface area contributed by atoms with E-state index in [2.05, 4.69) is 17.0 Å². The average Bonchev–Trinajstić information content (AvgIpc) is 2.63. The SMILES string of the molecule is CCOc1ccc(N2CCN(C(=O)C3CCOCC3)CC2)cc1. The molecule has 2 aliphatic heterocycles. The van der Waals surface area contributed by atoms with Gasteiger partial charge in [-0.3, -0.25) is 4.79 Å². The van der Waals surface area contributed by atoms with Gasteiger partial charge < -0.3 is 19.3 Å². The third-order valence-electron chi connectivity index (χ3n) is 4.67. The topological polar surface area (TPSA) is 42.0 Å². The summed E-state index contributed by atoms with van der Waals surface area (Å²) >= 11 is 0. The van der Waals surface area contributed by atoms with Crippen LogP contribution in [-0.2, 0) is 9.53 Å². The molecule has 0 atom stereocenters. The minimum atomic E-state index is 0.167. The van der Waals surface area contributed by atoms with Gasteiger partial charge in [0.1, 0.15) is 5.75 Å². The lowest BCUT2D eigenvalue weighted by molar-refractivity contribution is -0.138. The fourth-order valence-corrected chi connectivity index (χ4v) is 3.31. The first-order valence-corrected chi connectivity index (χ1v) is 8.62. The highest BCUT2D eigenvalue weighted by molar-refractivity contribution is 5.79. The number of carbonyl (C=O) groups excluding carboxylic acids is 1. The smallest absolute Gasteiger partial charge is 0.225 e. The van der Waals surface area contributed by atoms with Crippen molar-refractivity contribution in [2.45, 2.75) is 19.8 Å². The van der Waals surface area contributed by atoms with Crippen LogP contribution in [0.5, 0.6) is 5.75 Å². The van der Waals surface area contributed by atoms with Gasteiger partial charge in [-0.05, 0) is 44.0 Å². The van der Waals surface area contributed by atoms with Crippen molar-refractivity contribution in [3.63, 3.8) is 0 Å². The molecular weight excluding hydrogens is 292 g/mol. The van der Waals surface area contributed by atoms with Crippen LogP contribution in [0.4, 0.5) is 5.69 Å². The molecule has 5 heteroatoms. The van der Waals surface area contributed by atoms with Crippen LogP contribution in [0.3, 0.4) is 0 Å². The molecular formula is C18H26N2O3. The van der Waals surface area contributed by atoms with E-state index in [1.54, 1.807) is 0 Å². The van der Waals surface area contributed by atoms with Crippen molar-refractivity contribution >= 4 is 11.6 Å². The lowest BCUT2D eigenvalue weighted by atomic mass is 9.98. The number of hydrogen-bond acceptors (Lipinski definition) is 4. The Kier molecular flexibility index (Phi) is 5.39. The van der Waals surface area contributed by atoms with Gasteiger partial charge >= 0.3 is 0 Å².